The summed E-state index contributed by atoms with van der Waals surface area (Å²) in [5.41, 5.74) is 2.42. The highest BCUT2D eigenvalue weighted by atomic mass is 16.5. The molecular formula is C18H29N3O. The van der Waals surface area contributed by atoms with Crippen molar-refractivity contribution in [3.63, 3.8) is 0 Å². The number of methoxy groups -OCH3 is 1. The van der Waals surface area contributed by atoms with Crippen molar-refractivity contribution >= 4 is 5.96 Å². The molecule has 1 aliphatic carbocycles. The standard InChI is InChI=1S/C18H29N3O/c1-3-19-18(21-17-7-5-4-6-8-17)20-13-15-9-11-16(12-10-15)14-22-2/h9-12,17H,3-8,13-14H2,1-2H3,(H2,19,20,21). The van der Waals surface area contributed by atoms with Gasteiger partial charge < -0.3 is 15.4 Å². The fourth-order valence-electron chi connectivity index (χ4n) is 2.84. The molecule has 0 amide bonds. The third-order valence-electron chi connectivity index (χ3n) is 4.04. The molecule has 2 N–H and O–H groups in total. The normalized spacial score (nSPS) is 16.5. The van der Waals surface area contributed by atoms with Crippen LogP contribution in [-0.4, -0.2) is 25.7 Å². The van der Waals surface area contributed by atoms with Gasteiger partial charge in [0, 0.05) is 19.7 Å². The number of guanidine groups is 1. The fraction of sp³-hybridized carbons (Fsp3) is 0.611. The molecule has 2 rings (SSSR count). The summed E-state index contributed by atoms with van der Waals surface area (Å²) in [4.78, 5) is 4.72. The minimum atomic E-state index is 0.579. The Kier molecular flexibility index (Phi) is 7.23. The second-order valence-corrected chi connectivity index (χ2v) is 5.92. The van der Waals surface area contributed by atoms with Gasteiger partial charge in [0.25, 0.3) is 0 Å². The topological polar surface area (TPSA) is 45.7 Å². The summed E-state index contributed by atoms with van der Waals surface area (Å²) in [6.07, 6.45) is 6.56. The van der Waals surface area contributed by atoms with Crippen LogP contribution in [0.25, 0.3) is 0 Å². The van der Waals surface area contributed by atoms with E-state index in [0.29, 0.717) is 19.2 Å². The van der Waals surface area contributed by atoms with E-state index in [0.717, 1.165) is 12.5 Å². The lowest BCUT2D eigenvalue weighted by atomic mass is 9.96. The second kappa shape index (κ2) is 9.46. The summed E-state index contributed by atoms with van der Waals surface area (Å²) in [6.45, 7) is 4.37. The maximum absolute atomic E-state index is 5.13. The summed E-state index contributed by atoms with van der Waals surface area (Å²) in [5, 5.41) is 6.93. The van der Waals surface area contributed by atoms with Gasteiger partial charge in [0.05, 0.1) is 13.2 Å². The molecule has 1 aliphatic rings. The zero-order valence-electron chi connectivity index (χ0n) is 13.9. The van der Waals surface area contributed by atoms with E-state index in [2.05, 4.69) is 41.8 Å². The van der Waals surface area contributed by atoms with E-state index >= 15 is 0 Å². The first-order chi connectivity index (χ1) is 10.8. The van der Waals surface area contributed by atoms with Gasteiger partial charge in [-0.1, -0.05) is 43.5 Å². The molecule has 1 aromatic carbocycles. The van der Waals surface area contributed by atoms with Gasteiger partial charge >= 0.3 is 0 Å². The van der Waals surface area contributed by atoms with Crippen molar-refractivity contribution in [1.82, 2.24) is 10.6 Å². The van der Waals surface area contributed by atoms with Crippen LogP contribution in [0, 0.1) is 0 Å². The van der Waals surface area contributed by atoms with E-state index in [-0.39, 0.29) is 0 Å². The van der Waals surface area contributed by atoms with Gasteiger partial charge in [-0.05, 0) is 30.9 Å². The Bertz CT molecular complexity index is 450. The van der Waals surface area contributed by atoms with Crippen molar-refractivity contribution in [3.05, 3.63) is 35.4 Å². The molecule has 4 nitrogen and oxygen atoms in total. The van der Waals surface area contributed by atoms with Crippen LogP contribution in [0.4, 0.5) is 0 Å². The van der Waals surface area contributed by atoms with Gasteiger partial charge in [-0.3, -0.25) is 0 Å². The van der Waals surface area contributed by atoms with Crippen molar-refractivity contribution in [2.45, 2.75) is 58.2 Å². The molecule has 1 saturated carbocycles. The molecule has 0 saturated heterocycles. The van der Waals surface area contributed by atoms with E-state index in [4.69, 9.17) is 9.73 Å². The van der Waals surface area contributed by atoms with Crippen molar-refractivity contribution in [2.75, 3.05) is 13.7 Å². The number of aliphatic imine (C=N–C) groups is 1. The SMILES string of the molecule is CCNC(=NCc1ccc(COC)cc1)NC1CCCCC1. The van der Waals surface area contributed by atoms with Gasteiger partial charge in [0.1, 0.15) is 0 Å². The highest BCUT2D eigenvalue weighted by Gasteiger charge is 2.14. The van der Waals surface area contributed by atoms with Gasteiger partial charge in [-0.15, -0.1) is 0 Å². The number of benzene rings is 1. The number of hydrogen-bond acceptors (Lipinski definition) is 2. The molecule has 122 valence electrons. The highest BCUT2D eigenvalue weighted by molar-refractivity contribution is 5.80. The Hall–Kier alpha value is -1.55. The first-order valence-corrected chi connectivity index (χ1v) is 8.43. The molecule has 0 aromatic heterocycles. The third-order valence-corrected chi connectivity index (χ3v) is 4.04. The zero-order valence-corrected chi connectivity index (χ0v) is 13.9. The van der Waals surface area contributed by atoms with Crippen LogP contribution >= 0.6 is 0 Å². The maximum Gasteiger partial charge on any atom is 0.191 e. The lowest BCUT2D eigenvalue weighted by Gasteiger charge is -2.24. The molecule has 1 fully saturated rings. The monoisotopic (exact) mass is 303 g/mol. The van der Waals surface area contributed by atoms with Crippen LogP contribution in [0.15, 0.2) is 29.3 Å². The number of nitrogens with zero attached hydrogens (tertiary/aromatic N) is 1. The van der Waals surface area contributed by atoms with Crippen LogP contribution in [-0.2, 0) is 17.9 Å². The molecule has 0 spiro atoms. The Balaban J connectivity index is 1.90. The van der Waals surface area contributed by atoms with E-state index < -0.39 is 0 Å². The molecule has 4 heteroatoms. The van der Waals surface area contributed by atoms with E-state index in [1.54, 1.807) is 7.11 Å². The predicted octanol–water partition coefficient (Wildman–Crippen LogP) is 3.22. The molecular weight excluding hydrogens is 274 g/mol. The van der Waals surface area contributed by atoms with Crippen molar-refractivity contribution < 1.29 is 4.74 Å². The summed E-state index contributed by atoms with van der Waals surface area (Å²) >= 11 is 0. The first-order valence-electron chi connectivity index (χ1n) is 8.43. The Labute approximate surface area is 134 Å². The highest BCUT2D eigenvalue weighted by Crippen LogP contribution is 2.17. The maximum atomic E-state index is 5.13. The van der Waals surface area contributed by atoms with Crippen molar-refractivity contribution in [1.29, 1.82) is 0 Å². The van der Waals surface area contributed by atoms with Gasteiger partial charge in [-0.2, -0.15) is 0 Å². The average molecular weight is 303 g/mol. The number of ether oxygens (including phenoxy) is 1. The van der Waals surface area contributed by atoms with E-state index in [1.807, 2.05) is 0 Å². The van der Waals surface area contributed by atoms with Crippen LogP contribution < -0.4 is 10.6 Å². The minimum absolute atomic E-state index is 0.579. The summed E-state index contributed by atoms with van der Waals surface area (Å²) in [5.74, 6) is 0.940. The van der Waals surface area contributed by atoms with Crippen LogP contribution in [0.3, 0.4) is 0 Å². The van der Waals surface area contributed by atoms with Crippen LogP contribution in [0.2, 0.25) is 0 Å². The van der Waals surface area contributed by atoms with E-state index in [1.165, 1.54) is 43.2 Å². The Morgan fingerprint density at radius 3 is 2.45 bits per heavy atom. The largest absolute Gasteiger partial charge is 0.380 e. The number of nitrogens with one attached hydrogen (secondary N) is 2. The molecule has 0 heterocycles. The van der Waals surface area contributed by atoms with Crippen molar-refractivity contribution in [3.8, 4) is 0 Å². The Morgan fingerprint density at radius 1 is 1.14 bits per heavy atom. The van der Waals surface area contributed by atoms with E-state index in [9.17, 15) is 0 Å². The van der Waals surface area contributed by atoms with Crippen molar-refractivity contribution in [2.24, 2.45) is 4.99 Å². The Morgan fingerprint density at radius 2 is 1.82 bits per heavy atom. The van der Waals surface area contributed by atoms with Crippen LogP contribution in [0.5, 0.6) is 0 Å². The molecule has 0 radical (unpaired) electrons. The summed E-state index contributed by atoms with van der Waals surface area (Å²) < 4.78 is 5.13. The predicted molar refractivity (Wildman–Crippen MR) is 92.0 cm³/mol. The molecule has 0 bridgehead atoms. The van der Waals surface area contributed by atoms with Gasteiger partial charge in [0.15, 0.2) is 5.96 Å². The number of rotatable bonds is 6. The van der Waals surface area contributed by atoms with Crippen LogP contribution in [0.1, 0.15) is 50.2 Å². The zero-order chi connectivity index (χ0) is 15.6. The van der Waals surface area contributed by atoms with Gasteiger partial charge in [0.2, 0.25) is 0 Å². The molecule has 1 aromatic rings. The molecule has 0 unspecified atom stereocenters. The smallest absolute Gasteiger partial charge is 0.191 e. The minimum Gasteiger partial charge on any atom is -0.380 e. The summed E-state index contributed by atoms with van der Waals surface area (Å²) in [6, 6.07) is 9.05. The third kappa shape index (κ3) is 5.68. The average Bonchev–Trinajstić information content (AvgIpc) is 2.55. The lowest BCUT2D eigenvalue weighted by molar-refractivity contribution is 0.185. The lowest BCUT2D eigenvalue weighted by Crippen LogP contribution is -2.44. The van der Waals surface area contributed by atoms with Gasteiger partial charge in [-0.25, -0.2) is 4.99 Å². The first kappa shape index (κ1) is 16.8. The second-order valence-electron chi connectivity index (χ2n) is 5.92. The molecule has 0 aliphatic heterocycles. The molecule has 22 heavy (non-hydrogen) atoms. The summed E-state index contributed by atoms with van der Waals surface area (Å²) in [7, 11) is 1.72. The number of hydrogen-bond donors (Lipinski definition) is 2. The quantitative estimate of drug-likeness (QED) is 0.626. The fourth-order valence-corrected chi connectivity index (χ4v) is 2.84. The molecule has 0 atom stereocenters.